The van der Waals surface area contributed by atoms with E-state index in [1.165, 1.54) is 20.3 Å². The van der Waals surface area contributed by atoms with Gasteiger partial charge >= 0.3 is 5.97 Å². The number of benzene rings is 1. The Morgan fingerprint density at radius 3 is 2.59 bits per heavy atom. The number of anilines is 1. The Kier molecular flexibility index (Phi) is 4.71. The number of rotatable bonds is 3. The molecule has 3 N–H and O–H groups in total. The molecule has 0 radical (unpaired) electrons. The summed E-state index contributed by atoms with van der Waals surface area (Å²) in [4.78, 5) is 11.6. The Morgan fingerprint density at radius 2 is 2.12 bits per heavy atom. The van der Waals surface area contributed by atoms with Gasteiger partial charge < -0.3 is 20.5 Å². The number of methoxy groups -OCH3 is 2. The number of thiocarbonyl (C=S) groups is 1. The van der Waals surface area contributed by atoms with E-state index in [2.05, 4.69) is 26.0 Å². The molecule has 0 aliphatic carbocycles. The van der Waals surface area contributed by atoms with Crippen molar-refractivity contribution >= 4 is 44.9 Å². The summed E-state index contributed by atoms with van der Waals surface area (Å²) < 4.78 is 10.4. The minimum atomic E-state index is -0.505. The van der Waals surface area contributed by atoms with Gasteiger partial charge in [-0.15, -0.1) is 0 Å². The van der Waals surface area contributed by atoms with E-state index in [0.29, 0.717) is 21.5 Å². The average Bonchev–Trinajstić information content (AvgIpc) is 2.27. The van der Waals surface area contributed by atoms with Crippen LogP contribution in [-0.2, 0) is 4.74 Å². The van der Waals surface area contributed by atoms with Crippen molar-refractivity contribution in [2.75, 3.05) is 19.5 Å². The molecule has 0 saturated heterocycles. The molecule has 0 amide bonds. The van der Waals surface area contributed by atoms with E-state index in [9.17, 15) is 4.79 Å². The molecule has 7 heteroatoms. The Labute approximate surface area is 112 Å². The number of carbonyl (C=O) groups is 1. The lowest BCUT2D eigenvalue weighted by atomic mass is 10.1. The van der Waals surface area contributed by atoms with Gasteiger partial charge in [0.25, 0.3) is 0 Å². The van der Waals surface area contributed by atoms with Gasteiger partial charge in [0, 0.05) is 0 Å². The molecular weight excluding hydrogens is 308 g/mol. The molecule has 1 rings (SSSR count). The monoisotopic (exact) mass is 318 g/mol. The van der Waals surface area contributed by atoms with E-state index in [4.69, 9.17) is 22.7 Å². The first-order valence-corrected chi connectivity index (χ1v) is 5.72. The van der Waals surface area contributed by atoms with Gasteiger partial charge in [0.05, 0.1) is 29.9 Å². The average molecular weight is 319 g/mol. The second-order valence-electron chi connectivity index (χ2n) is 3.01. The van der Waals surface area contributed by atoms with Gasteiger partial charge in [-0.3, -0.25) is 0 Å². The maximum atomic E-state index is 11.6. The lowest BCUT2D eigenvalue weighted by Gasteiger charge is -2.12. The molecule has 0 aliphatic heterocycles. The van der Waals surface area contributed by atoms with Gasteiger partial charge in [-0.2, -0.15) is 0 Å². The minimum absolute atomic E-state index is 0.0622. The van der Waals surface area contributed by atoms with E-state index < -0.39 is 5.97 Å². The Bertz CT molecular complexity index is 465. The van der Waals surface area contributed by atoms with Crippen LogP contribution < -0.4 is 15.8 Å². The van der Waals surface area contributed by atoms with Crippen molar-refractivity contribution in [1.82, 2.24) is 0 Å². The van der Waals surface area contributed by atoms with Crippen LogP contribution >= 0.6 is 28.1 Å². The highest BCUT2D eigenvalue weighted by molar-refractivity contribution is 9.10. The highest BCUT2D eigenvalue weighted by Crippen LogP contribution is 2.31. The van der Waals surface area contributed by atoms with E-state index in [1.807, 2.05) is 0 Å². The third-order valence-corrected chi connectivity index (χ3v) is 2.68. The summed E-state index contributed by atoms with van der Waals surface area (Å²) in [6.45, 7) is 0. The summed E-state index contributed by atoms with van der Waals surface area (Å²) in [5.74, 6) is 0.00781. The third-order valence-electron chi connectivity index (χ3n) is 1.96. The molecule has 17 heavy (non-hydrogen) atoms. The number of ether oxygens (including phenoxy) is 2. The lowest BCUT2D eigenvalue weighted by Crippen LogP contribution is -2.21. The fraction of sp³-hybridized carbons (Fsp3) is 0.200. The van der Waals surface area contributed by atoms with E-state index in [-0.39, 0.29) is 5.11 Å². The summed E-state index contributed by atoms with van der Waals surface area (Å²) >= 11 is 8.03. The predicted octanol–water partition coefficient (Wildman–Crippen LogP) is 1.90. The highest BCUT2D eigenvalue weighted by atomic mass is 79.9. The largest absolute Gasteiger partial charge is 0.496 e. The Hall–Kier alpha value is -1.34. The van der Waals surface area contributed by atoms with Crippen LogP contribution in [0.2, 0.25) is 0 Å². The fourth-order valence-corrected chi connectivity index (χ4v) is 1.84. The first-order valence-electron chi connectivity index (χ1n) is 4.52. The molecule has 0 unspecified atom stereocenters. The van der Waals surface area contributed by atoms with Crippen LogP contribution in [0, 0.1) is 0 Å². The zero-order valence-electron chi connectivity index (χ0n) is 9.24. The minimum Gasteiger partial charge on any atom is -0.496 e. The van der Waals surface area contributed by atoms with Gasteiger partial charge in [-0.1, -0.05) is 0 Å². The van der Waals surface area contributed by atoms with Crippen molar-refractivity contribution in [3.8, 4) is 5.75 Å². The SMILES string of the molecule is COC(=O)c1cc(OC)c(Br)cc1NC(N)=S. The van der Waals surface area contributed by atoms with Crippen molar-refractivity contribution in [3.63, 3.8) is 0 Å². The van der Waals surface area contributed by atoms with Gasteiger partial charge in [-0.05, 0) is 40.3 Å². The topological polar surface area (TPSA) is 73.6 Å². The van der Waals surface area contributed by atoms with Crippen molar-refractivity contribution in [2.24, 2.45) is 5.73 Å². The molecule has 92 valence electrons. The number of hydrogen-bond acceptors (Lipinski definition) is 4. The molecule has 0 atom stereocenters. The van der Waals surface area contributed by atoms with Crippen LogP contribution in [0.1, 0.15) is 10.4 Å². The summed E-state index contributed by atoms with van der Waals surface area (Å²) in [5.41, 5.74) is 6.12. The van der Waals surface area contributed by atoms with Crippen LogP contribution in [-0.4, -0.2) is 25.3 Å². The molecular formula is C10H11BrN2O3S. The number of esters is 1. The second-order valence-corrected chi connectivity index (χ2v) is 4.31. The molecule has 0 spiro atoms. The quantitative estimate of drug-likeness (QED) is 0.655. The summed E-state index contributed by atoms with van der Waals surface area (Å²) in [6.07, 6.45) is 0. The molecule has 0 saturated carbocycles. The predicted molar refractivity (Wildman–Crippen MR) is 72.4 cm³/mol. The summed E-state index contributed by atoms with van der Waals surface area (Å²) in [6, 6.07) is 3.18. The summed E-state index contributed by atoms with van der Waals surface area (Å²) in [7, 11) is 2.79. The van der Waals surface area contributed by atoms with Crippen LogP contribution in [0.4, 0.5) is 5.69 Å². The Balaban J connectivity index is 3.30. The zero-order valence-corrected chi connectivity index (χ0v) is 11.6. The molecule has 0 bridgehead atoms. The normalized spacial score (nSPS) is 9.59. The molecule has 1 aromatic rings. The molecule has 0 heterocycles. The first-order chi connectivity index (χ1) is 7.99. The fourth-order valence-electron chi connectivity index (χ4n) is 1.22. The highest BCUT2D eigenvalue weighted by Gasteiger charge is 2.16. The first kappa shape index (κ1) is 13.7. The van der Waals surface area contributed by atoms with Crippen molar-refractivity contribution in [1.29, 1.82) is 0 Å². The number of hydrogen-bond donors (Lipinski definition) is 2. The van der Waals surface area contributed by atoms with Crippen LogP contribution in [0.3, 0.4) is 0 Å². The zero-order chi connectivity index (χ0) is 13.0. The smallest absolute Gasteiger partial charge is 0.340 e. The molecule has 0 aromatic heterocycles. The molecule has 5 nitrogen and oxygen atoms in total. The van der Waals surface area contributed by atoms with Gasteiger partial charge in [-0.25, -0.2) is 4.79 Å². The van der Waals surface area contributed by atoms with Gasteiger partial charge in [0.1, 0.15) is 5.75 Å². The van der Waals surface area contributed by atoms with Crippen LogP contribution in [0.15, 0.2) is 16.6 Å². The lowest BCUT2D eigenvalue weighted by molar-refractivity contribution is 0.0601. The van der Waals surface area contributed by atoms with Crippen molar-refractivity contribution < 1.29 is 14.3 Å². The molecule has 0 fully saturated rings. The van der Waals surface area contributed by atoms with Gasteiger partial charge in [0.2, 0.25) is 0 Å². The van der Waals surface area contributed by atoms with Gasteiger partial charge in [0.15, 0.2) is 5.11 Å². The molecule has 1 aromatic carbocycles. The van der Waals surface area contributed by atoms with E-state index in [0.717, 1.165) is 0 Å². The molecule has 0 aliphatic rings. The number of halogens is 1. The summed E-state index contributed by atoms with van der Waals surface area (Å²) in [5, 5.41) is 2.77. The maximum Gasteiger partial charge on any atom is 0.340 e. The van der Waals surface area contributed by atoms with Crippen LogP contribution in [0.25, 0.3) is 0 Å². The maximum absolute atomic E-state index is 11.6. The Morgan fingerprint density at radius 1 is 1.47 bits per heavy atom. The number of nitrogens with two attached hydrogens (primary N) is 1. The number of carbonyl (C=O) groups excluding carboxylic acids is 1. The standard InChI is InChI=1S/C10H11BrN2O3S/c1-15-8-3-5(9(14)16-2)7(4-6(8)11)13-10(12)17/h3-4H,1-2H3,(H3,12,13,17). The van der Waals surface area contributed by atoms with E-state index in [1.54, 1.807) is 6.07 Å². The van der Waals surface area contributed by atoms with Crippen molar-refractivity contribution in [3.05, 3.63) is 22.2 Å². The van der Waals surface area contributed by atoms with Crippen molar-refractivity contribution in [2.45, 2.75) is 0 Å². The second kappa shape index (κ2) is 5.83. The van der Waals surface area contributed by atoms with E-state index >= 15 is 0 Å². The third kappa shape index (κ3) is 3.31. The van der Waals surface area contributed by atoms with Crippen LogP contribution in [0.5, 0.6) is 5.75 Å². The number of nitrogens with one attached hydrogen (secondary N) is 1.